The van der Waals surface area contributed by atoms with Gasteiger partial charge in [0.1, 0.15) is 17.5 Å². The summed E-state index contributed by atoms with van der Waals surface area (Å²) >= 11 is 0. The number of nitrogens with zero attached hydrogens (tertiary/aromatic N) is 4. The number of amides is 1. The van der Waals surface area contributed by atoms with Gasteiger partial charge in [-0.2, -0.15) is 9.78 Å². The Hall–Kier alpha value is -3.16. The molecule has 0 fully saturated rings. The number of hydrogen-bond donors (Lipinski definition) is 1. The summed E-state index contributed by atoms with van der Waals surface area (Å²) in [6, 6.07) is 5.23. The molecule has 1 atom stereocenters. The van der Waals surface area contributed by atoms with Crippen molar-refractivity contribution in [3.63, 3.8) is 0 Å². The highest BCUT2D eigenvalue weighted by molar-refractivity contribution is 5.95. The van der Waals surface area contributed by atoms with Gasteiger partial charge in [-0.1, -0.05) is 6.07 Å². The highest BCUT2D eigenvalue weighted by Crippen LogP contribution is 2.40. The molecule has 0 saturated carbocycles. The second kappa shape index (κ2) is 6.22. The Balaban J connectivity index is 1.91. The maximum absolute atomic E-state index is 14.4. The molecule has 0 spiro atoms. The lowest BCUT2D eigenvalue weighted by atomic mass is 9.85. The van der Waals surface area contributed by atoms with E-state index in [4.69, 9.17) is 0 Å². The molecule has 8 heteroatoms. The van der Waals surface area contributed by atoms with E-state index in [0.29, 0.717) is 23.0 Å². The van der Waals surface area contributed by atoms with E-state index in [9.17, 15) is 13.6 Å². The molecule has 1 N–H and O–H groups in total. The van der Waals surface area contributed by atoms with Gasteiger partial charge < -0.3 is 5.32 Å². The normalized spacial score (nSPS) is 16.2. The number of aryl methyl sites for hydroxylation is 3. The highest BCUT2D eigenvalue weighted by Gasteiger charge is 2.34. The van der Waals surface area contributed by atoms with Gasteiger partial charge in [-0.15, -0.1) is 0 Å². The largest absolute Gasteiger partial charge is 0.310 e. The van der Waals surface area contributed by atoms with Crippen molar-refractivity contribution in [3.8, 4) is 5.95 Å². The number of aromatic nitrogens is 4. The fraction of sp³-hybridized carbons (Fsp3) is 0.263. The Morgan fingerprint density at radius 1 is 1.11 bits per heavy atom. The third-order valence-corrected chi connectivity index (χ3v) is 4.60. The Kier molecular flexibility index (Phi) is 3.98. The third kappa shape index (κ3) is 2.97. The second-order valence-electron chi connectivity index (χ2n) is 6.68. The lowest BCUT2D eigenvalue weighted by Gasteiger charge is -2.24. The molecule has 1 aromatic carbocycles. The number of carbonyl (C=O) groups is 1. The minimum atomic E-state index is -0.685. The topological polar surface area (TPSA) is 72.7 Å². The molecule has 0 aliphatic carbocycles. The minimum Gasteiger partial charge on any atom is -0.310 e. The Labute approximate surface area is 154 Å². The molecule has 0 unspecified atom stereocenters. The van der Waals surface area contributed by atoms with Crippen LogP contribution in [-0.4, -0.2) is 25.7 Å². The van der Waals surface area contributed by atoms with Crippen LogP contribution in [0.3, 0.4) is 0 Å². The van der Waals surface area contributed by atoms with Crippen molar-refractivity contribution < 1.29 is 13.6 Å². The predicted octanol–water partition coefficient (Wildman–Crippen LogP) is 3.34. The SMILES string of the molecule is Cc1cc(C)nc(-n2nc(C)c3c2NC(=O)C[C@H]3c2ccc(F)cc2F)n1. The zero-order chi connectivity index (χ0) is 19.3. The van der Waals surface area contributed by atoms with Crippen molar-refractivity contribution >= 4 is 11.7 Å². The summed E-state index contributed by atoms with van der Waals surface area (Å²) in [5.41, 5.74) is 3.10. The van der Waals surface area contributed by atoms with Crippen LogP contribution in [0.4, 0.5) is 14.6 Å². The zero-order valence-electron chi connectivity index (χ0n) is 15.0. The molecule has 138 valence electrons. The van der Waals surface area contributed by atoms with Gasteiger partial charge in [0.05, 0.1) is 5.69 Å². The van der Waals surface area contributed by atoms with E-state index in [0.717, 1.165) is 17.5 Å². The fourth-order valence-electron chi connectivity index (χ4n) is 3.54. The summed E-state index contributed by atoms with van der Waals surface area (Å²) < 4.78 is 29.2. The molecule has 0 bridgehead atoms. The summed E-state index contributed by atoms with van der Waals surface area (Å²) in [6.45, 7) is 5.47. The standard InChI is InChI=1S/C19H17F2N5O/c1-9-6-10(2)23-19(22-9)26-18-17(11(3)25-26)14(8-16(27)24-18)13-5-4-12(20)7-15(13)21/h4-7,14H,8H2,1-3H3,(H,24,27)/t14-/m0/s1. The van der Waals surface area contributed by atoms with E-state index in [-0.39, 0.29) is 17.9 Å². The first-order chi connectivity index (χ1) is 12.8. The number of anilines is 1. The molecule has 6 nitrogen and oxygen atoms in total. The van der Waals surface area contributed by atoms with Crippen LogP contribution >= 0.6 is 0 Å². The monoisotopic (exact) mass is 369 g/mol. The number of nitrogens with one attached hydrogen (secondary N) is 1. The maximum atomic E-state index is 14.4. The quantitative estimate of drug-likeness (QED) is 0.752. The number of carbonyl (C=O) groups excluding carboxylic acids is 1. The fourth-order valence-corrected chi connectivity index (χ4v) is 3.54. The molecule has 0 saturated heterocycles. The first-order valence-electron chi connectivity index (χ1n) is 8.50. The van der Waals surface area contributed by atoms with Crippen LogP contribution in [0.5, 0.6) is 0 Å². The summed E-state index contributed by atoms with van der Waals surface area (Å²) in [7, 11) is 0. The molecule has 1 aliphatic rings. The van der Waals surface area contributed by atoms with Crippen molar-refractivity contribution in [2.75, 3.05) is 5.32 Å². The van der Waals surface area contributed by atoms with E-state index in [1.54, 1.807) is 6.92 Å². The predicted molar refractivity (Wildman–Crippen MR) is 94.8 cm³/mol. The summed E-state index contributed by atoms with van der Waals surface area (Å²) in [6.07, 6.45) is 0.0514. The van der Waals surface area contributed by atoms with Crippen LogP contribution in [-0.2, 0) is 4.79 Å². The molecule has 2 aromatic heterocycles. The minimum absolute atomic E-state index is 0.0514. The molecule has 1 amide bonds. The van der Waals surface area contributed by atoms with E-state index in [1.165, 1.54) is 16.8 Å². The van der Waals surface area contributed by atoms with Crippen LogP contribution in [0.2, 0.25) is 0 Å². The van der Waals surface area contributed by atoms with Gasteiger partial charge in [-0.25, -0.2) is 18.7 Å². The van der Waals surface area contributed by atoms with E-state index in [1.807, 2.05) is 19.9 Å². The number of fused-ring (bicyclic) bond motifs is 1. The van der Waals surface area contributed by atoms with Crippen LogP contribution in [0, 0.1) is 32.4 Å². The Bertz CT molecular complexity index is 1060. The average molecular weight is 369 g/mol. The summed E-state index contributed by atoms with van der Waals surface area (Å²) in [5.74, 6) is -1.43. The van der Waals surface area contributed by atoms with Crippen LogP contribution in [0.15, 0.2) is 24.3 Å². The molecule has 0 radical (unpaired) electrons. The van der Waals surface area contributed by atoms with Gasteiger partial charge in [0.15, 0.2) is 0 Å². The van der Waals surface area contributed by atoms with Gasteiger partial charge in [0.2, 0.25) is 5.91 Å². The molecule has 3 aromatic rings. The first kappa shape index (κ1) is 17.3. The molecule has 4 rings (SSSR count). The first-order valence-corrected chi connectivity index (χ1v) is 8.50. The average Bonchev–Trinajstić information content (AvgIpc) is 2.90. The van der Waals surface area contributed by atoms with Gasteiger partial charge in [-0.05, 0) is 38.5 Å². The molecule has 1 aliphatic heterocycles. The van der Waals surface area contributed by atoms with Crippen molar-refractivity contribution in [3.05, 3.63) is 64.1 Å². The second-order valence-corrected chi connectivity index (χ2v) is 6.68. The lowest BCUT2D eigenvalue weighted by molar-refractivity contribution is -0.116. The van der Waals surface area contributed by atoms with Gasteiger partial charge in [0.25, 0.3) is 5.95 Å². The van der Waals surface area contributed by atoms with Crippen LogP contribution in [0.25, 0.3) is 5.95 Å². The number of halogens is 2. The van der Waals surface area contributed by atoms with Crippen molar-refractivity contribution in [2.45, 2.75) is 33.1 Å². The molecular formula is C19H17F2N5O. The van der Waals surface area contributed by atoms with Gasteiger partial charge >= 0.3 is 0 Å². The number of hydrogen-bond acceptors (Lipinski definition) is 4. The number of rotatable bonds is 2. The third-order valence-electron chi connectivity index (χ3n) is 4.60. The maximum Gasteiger partial charge on any atom is 0.252 e. The van der Waals surface area contributed by atoms with Gasteiger partial charge in [0, 0.05) is 35.4 Å². The van der Waals surface area contributed by atoms with E-state index >= 15 is 0 Å². The Morgan fingerprint density at radius 3 is 2.48 bits per heavy atom. The van der Waals surface area contributed by atoms with E-state index in [2.05, 4.69) is 20.4 Å². The smallest absolute Gasteiger partial charge is 0.252 e. The summed E-state index contributed by atoms with van der Waals surface area (Å²) in [5, 5.41) is 7.28. The van der Waals surface area contributed by atoms with Crippen molar-refractivity contribution in [1.82, 2.24) is 19.7 Å². The lowest BCUT2D eigenvalue weighted by Crippen LogP contribution is -2.25. The van der Waals surface area contributed by atoms with Crippen LogP contribution in [0.1, 0.15) is 40.5 Å². The molecule has 27 heavy (non-hydrogen) atoms. The Morgan fingerprint density at radius 2 is 1.81 bits per heavy atom. The van der Waals surface area contributed by atoms with Crippen molar-refractivity contribution in [2.24, 2.45) is 0 Å². The van der Waals surface area contributed by atoms with E-state index < -0.39 is 17.6 Å². The van der Waals surface area contributed by atoms with Crippen LogP contribution < -0.4 is 5.32 Å². The number of benzene rings is 1. The van der Waals surface area contributed by atoms with Crippen molar-refractivity contribution in [1.29, 1.82) is 0 Å². The van der Waals surface area contributed by atoms with Gasteiger partial charge in [-0.3, -0.25) is 4.79 Å². The zero-order valence-corrected chi connectivity index (χ0v) is 15.0. The molecule has 3 heterocycles. The molecular weight excluding hydrogens is 352 g/mol. The highest BCUT2D eigenvalue weighted by atomic mass is 19.1. The summed E-state index contributed by atoms with van der Waals surface area (Å²) in [4.78, 5) is 21.1.